The second kappa shape index (κ2) is 13.4. The maximum absolute atomic E-state index is 13.8. The van der Waals surface area contributed by atoms with E-state index in [4.69, 9.17) is 9.26 Å². The summed E-state index contributed by atoms with van der Waals surface area (Å²) in [7, 11) is -1.99. The van der Waals surface area contributed by atoms with Crippen LogP contribution in [-0.2, 0) is 16.6 Å². The van der Waals surface area contributed by atoms with Crippen molar-refractivity contribution < 1.29 is 27.6 Å². The Hall–Kier alpha value is -4.19. The van der Waals surface area contributed by atoms with E-state index in [1.807, 2.05) is 32.2 Å². The fraction of sp³-hybridized carbons (Fsp3) is 0.353. The van der Waals surface area contributed by atoms with Crippen molar-refractivity contribution in [2.75, 3.05) is 31.5 Å². The van der Waals surface area contributed by atoms with Crippen molar-refractivity contribution in [3.63, 3.8) is 0 Å². The number of aryl methyl sites for hydroxylation is 2. The van der Waals surface area contributed by atoms with Gasteiger partial charge in [0, 0.05) is 31.2 Å². The minimum absolute atomic E-state index is 0.0426. The molecule has 238 valence electrons. The van der Waals surface area contributed by atoms with Gasteiger partial charge in [0.2, 0.25) is 0 Å². The lowest BCUT2D eigenvalue weighted by atomic mass is 9.99. The lowest BCUT2D eigenvalue weighted by molar-refractivity contribution is 0.0341. The number of aromatic nitrogens is 1. The molecule has 3 aromatic carbocycles. The fourth-order valence-electron chi connectivity index (χ4n) is 5.69. The molecule has 0 aliphatic carbocycles. The van der Waals surface area contributed by atoms with E-state index in [9.17, 15) is 18.3 Å². The van der Waals surface area contributed by atoms with Crippen LogP contribution in [0.4, 0.5) is 5.69 Å². The molecule has 0 fully saturated rings. The standard InChI is InChI=1S/C34H40N4O6S/c1-22-18-38(23(2)21-39)34(40)30-17-29(36-45(41,42)33-24(3)35-44-25(33)4)15-16-31(30)43-32(22)20-37(5)19-26-11-13-28(14-12-26)27-9-7-6-8-10-27/h6-17,22-23,32,36,39H,18-21H2,1-5H3/t22-,23-,32+/m1/s1. The SMILES string of the molecule is Cc1noc(C)c1S(=O)(=O)Nc1ccc2c(c1)C(=O)N([C@H](C)CO)C[C@@H](C)[C@H](CN(C)Cc1ccc(-c3ccccc3)cc1)O2. The molecule has 0 saturated carbocycles. The molecule has 10 nitrogen and oxygen atoms in total. The fourth-order valence-corrected chi connectivity index (χ4v) is 7.07. The third-order valence-corrected chi connectivity index (χ3v) is 9.78. The van der Waals surface area contributed by atoms with E-state index < -0.39 is 16.1 Å². The van der Waals surface area contributed by atoms with Gasteiger partial charge in [-0.3, -0.25) is 14.4 Å². The molecule has 0 spiro atoms. The molecule has 0 radical (unpaired) electrons. The normalized spacial score (nSPS) is 17.8. The number of hydrogen-bond donors (Lipinski definition) is 2. The van der Waals surface area contributed by atoms with E-state index in [0.29, 0.717) is 25.4 Å². The molecule has 11 heteroatoms. The summed E-state index contributed by atoms with van der Waals surface area (Å²) in [5.41, 5.74) is 4.14. The minimum atomic E-state index is -4.03. The monoisotopic (exact) mass is 632 g/mol. The Kier molecular flexibility index (Phi) is 9.62. The summed E-state index contributed by atoms with van der Waals surface area (Å²) in [5.74, 6) is 0.119. The number of aliphatic hydroxyl groups excluding tert-OH is 1. The number of anilines is 1. The summed E-state index contributed by atoms with van der Waals surface area (Å²) in [6.07, 6.45) is -0.288. The quantitative estimate of drug-likeness (QED) is 0.247. The first-order valence-electron chi connectivity index (χ1n) is 15.0. The Morgan fingerprint density at radius 3 is 2.40 bits per heavy atom. The molecule has 3 atom stereocenters. The highest BCUT2D eigenvalue weighted by Crippen LogP contribution is 2.32. The third kappa shape index (κ3) is 7.22. The van der Waals surface area contributed by atoms with E-state index in [1.54, 1.807) is 30.9 Å². The van der Waals surface area contributed by atoms with E-state index in [2.05, 4.69) is 51.2 Å². The van der Waals surface area contributed by atoms with Crippen molar-refractivity contribution in [1.82, 2.24) is 15.0 Å². The Labute approximate surface area is 264 Å². The molecule has 5 rings (SSSR count). The summed E-state index contributed by atoms with van der Waals surface area (Å²) in [4.78, 5) is 17.6. The van der Waals surface area contributed by atoms with Crippen LogP contribution in [-0.4, -0.2) is 73.3 Å². The zero-order valence-corrected chi connectivity index (χ0v) is 27.0. The van der Waals surface area contributed by atoms with Crippen LogP contribution in [0.1, 0.15) is 41.2 Å². The molecule has 1 aliphatic rings. The molecule has 1 aromatic heterocycles. The number of sulfonamides is 1. The number of aliphatic hydroxyl groups is 1. The molecule has 1 aliphatic heterocycles. The maximum atomic E-state index is 13.8. The first-order chi connectivity index (χ1) is 21.5. The summed E-state index contributed by atoms with van der Waals surface area (Å²) in [6, 6.07) is 23.0. The highest BCUT2D eigenvalue weighted by molar-refractivity contribution is 7.92. The average Bonchev–Trinajstić information content (AvgIpc) is 3.37. The number of nitrogens with one attached hydrogen (secondary N) is 1. The predicted molar refractivity (Wildman–Crippen MR) is 173 cm³/mol. The molecule has 2 heterocycles. The van der Waals surface area contributed by atoms with Crippen molar-refractivity contribution in [3.8, 4) is 16.9 Å². The summed E-state index contributed by atoms with van der Waals surface area (Å²) < 4.78 is 40.5. The number of nitrogens with zero attached hydrogens (tertiary/aromatic N) is 3. The van der Waals surface area contributed by atoms with Crippen LogP contribution in [0.25, 0.3) is 11.1 Å². The minimum Gasteiger partial charge on any atom is -0.488 e. The van der Waals surface area contributed by atoms with Crippen LogP contribution in [0.15, 0.2) is 82.2 Å². The number of likely N-dealkylation sites (N-methyl/N-ethyl adjacent to an activating group) is 1. The largest absolute Gasteiger partial charge is 0.488 e. The van der Waals surface area contributed by atoms with E-state index >= 15 is 0 Å². The van der Waals surface area contributed by atoms with Gasteiger partial charge >= 0.3 is 0 Å². The number of carbonyl (C=O) groups is 1. The van der Waals surface area contributed by atoms with E-state index in [1.165, 1.54) is 18.6 Å². The molecule has 0 bridgehead atoms. The predicted octanol–water partition coefficient (Wildman–Crippen LogP) is 5.11. The van der Waals surface area contributed by atoms with Gasteiger partial charge in [0.05, 0.1) is 18.2 Å². The Balaban J connectivity index is 1.38. The van der Waals surface area contributed by atoms with Crippen molar-refractivity contribution in [2.24, 2.45) is 5.92 Å². The summed E-state index contributed by atoms with van der Waals surface area (Å²) in [5, 5.41) is 13.7. The number of ether oxygens (including phenoxy) is 1. The highest BCUT2D eigenvalue weighted by Gasteiger charge is 2.34. The van der Waals surface area contributed by atoms with Gasteiger partial charge in [-0.2, -0.15) is 0 Å². The molecule has 1 amide bonds. The number of hydrogen-bond acceptors (Lipinski definition) is 8. The van der Waals surface area contributed by atoms with Crippen molar-refractivity contribution in [2.45, 2.75) is 51.3 Å². The second-order valence-corrected chi connectivity index (χ2v) is 13.5. The van der Waals surface area contributed by atoms with Gasteiger partial charge in [-0.05, 0) is 62.7 Å². The number of carbonyl (C=O) groups excluding carboxylic acids is 1. The van der Waals surface area contributed by atoms with Crippen LogP contribution in [0.2, 0.25) is 0 Å². The topological polar surface area (TPSA) is 125 Å². The van der Waals surface area contributed by atoms with Gasteiger partial charge in [-0.25, -0.2) is 8.42 Å². The smallest absolute Gasteiger partial charge is 0.267 e. The Morgan fingerprint density at radius 2 is 1.76 bits per heavy atom. The van der Waals surface area contributed by atoms with Gasteiger partial charge in [0.25, 0.3) is 15.9 Å². The molecule has 45 heavy (non-hydrogen) atoms. The molecule has 0 unspecified atom stereocenters. The number of fused-ring (bicyclic) bond motifs is 1. The van der Waals surface area contributed by atoms with Gasteiger partial charge in [0.15, 0.2) is 10.7 Å². The van der Waals surface area contributed by atoms with Crippen molar-refractivity contribution >= 4 is 21.6 Å². The van der Waals surface area contributed by atoms with Gasteiger partial charge in [-0.15, -0.1) is 0 Å². The maximum Gasteiger partial charge on any atom is 0.267 e. The van der Waals surface area contributed by atoms with Gasteiger partial charge in [0.1, 0.15) is 17.5 Å². The van der Waals surface area contributed by atoms with E-state index in [-0.39, 0.29) is 52.1 Å². The third-order valence-electron chi connectivity index (χ3n) is 8.16. The van der Waals surface area contributed by atoms with Crippen LogP contribution < -0.4 is 9.46 Å². The lowest BCUT2D eigenvalue weighted by Crippen LogP contribution is -2.49. The van der Waals surface area contributed by atoms with Gasteiger partial charge < -0.3 is 19.3 Å². The Morgan fingerprint density at radius 1 is 1.07 bits per heavy atom. The number of benzene rings is 3. The molecular formula is C34H40N4O6S. The first-order valence-corrected chi connectivity index (χ1v) is 16.5. The Bertz CT molecular complexity index is 1720. The second-order valence-electron chi connectivity index (χ2n) is 11.9. The van der Waals surface area contributed by atoms with Crippen LogP contribution in [0, 0.1) is 19.8 Å². The molecular weight excluding hydrogens is 592 g/mol. The van der Waals surface area contributed by atoms with E-state index in [0.717, 1.165) is 11.1 Å². The number of rotatable bonds is 10. The van der Waals surface area contributed by atoms with Crippen molar-refractivity contribution in [1.29, 1.82) is 0 Å². The highest BCUT2D eigenvalue weighted by atomic mass is 32.2. The van der Waals surface area contributed by atoms with Crippen LogP contribution in [0.5, 0.6) is 5.75 Å². The zero-order chi connectivity index (χ0) is 32.3. The lowest BCUT2D eigenvalue weighted by Gasteiger charge is -2.38. The number of amides is 1. The summed E-state index contributed by atoms with van der Waals surface area (Å²) in [6.45, 7) is 8.33. The molecule has 4 aromatic rings. The summed E-state index contributed by atoms with van der Waals surface area (Å²) >= 11 is 0. The van der Waals surface area contributed by atoms with Crippen molar-refractivity contribution in [3.05, 3.63) is 95.4 Å². The van der Waals surface area contributed by atoms with Crippen LogP contribution >= 0.6 is 0 Å². The van der Waals surface area contributed by atoms with Crippen LogP contribution in [0.3, 0.4) is 0 Å². The average molecular weight is 633 g/mol. The van der Waals surface area contributed by atoms with Gasteiger partial charge in [-0.1, -0.05) is 66.7 Å². The molecule has 2 N–H and O–H groups in total. The molecule has 0 saturated heterocycles. The zero-order valence-electron chi connectivity index (χ0n) is 26.2. The first kappa shape index (κ1) is 32.2.